The number of fused-ring (bicyclic) bond motifs is 5. The molecule has 2 fully saturated rings. The average Bonchev–Trinajstić information content (AvgIpc) is 2.92. The lowest BCUT2D eigenvalue weighted by atomic mass is 9.49. The maximum atomic E-state index is 10.0. The molecule has 0 spiro atoms. The van der Waals surface area contributed by atoms with Crippen LogP contribution in [0.1, 0.15) is 45.4 Å². The molecule has 0 unspecified atom stereocenters. The third-order valence-electron chi connectivity index (χ3n) is 7.20. The highest BCUT2D eigenvalue weighted by molar-refractivity contribution is 5.41. The standard InChI is InChI=1S/C19H26O2/c1-18-10-3-2-5-13(18)7-8-14-15(18)9-12-19(17(20)21)11-4-6-16(14)19/h2-3,5,7,10,14-17,20-21H,4,6,8-9,11-12H2,1H3/t14-,15+,16+,18+,19-/m1/s1. The minimum absolute atomic E-state index is 0.160. The molecule has 0 bridgehead atoms. The van der Waals surface area contributed by atoms with Gasteiger partial charge in [0.1, 0.15) is 0 Å². The number of allylic oxidation sites excluding steroid dienone is 6. The highest BCUT2D eigenvalue weighted by Gasteiger charge is 2.58. The van der Waals surface area contributed by atoms with E-state index in [-0.39, 0.29) is 10.8 Å². The van der Waals surface area contributed by atoms with Crippen LogP contribution in [-0.4, -0.2) is 16.5 Å². The summed E-state index contributed by atoms with van der Waals surface area (Å²) in [5, 5.41) is 20.1. The molecular formula is C19H26O2. The van der Waals surface area contributed by atoms with Crippen LogP contribution in [-0.2, 0) is 0 Å². The summed E-state index contributed by atoms with van der Waals surface area (Å²) in [6.45, 7) is 2.38. The van der Waals surface area contributed by atoms with Crippen LogP contribution in [0, 0.1) is 28.6 Å². The van der Waals surface area contributed by atoms with Gasteiger partial charge in [0.05, 0.1) is 0 Å². The average molecular weight is 286 g/mol. The minimum atomic E-state index is -1.13. The van der Waals surface area contributed by atoms with Gasteiger partial charge in [-0.15, -0.1) is 0 Å². The van der Waals surface area contributed by atoms with E-state index >= 15 is 0 Å². The van der Waals surface area contributed by atoms with Crippen LogP contribution in [0.2, 0.25) is 0 Å². The summed E-state index contributed by atoms with van der Waals surface area (Å²) in [4.78, 5) is 0. The SMILES string of the molecule is C[C@]12C=CC=CC1=CC[C@H]1[C@@H]3CCC[C@@]3(C(O)O)CC[C@@H]12. The lowest BCUT2D eigenvalue weighted by Crippen LogP contribution is -2.51. The maximum absolute atomic E-state index is 10.0. The van der Waals surface area contributed by atoms with E-state index < -0.39 is 6.29 Å². The van der Waals surface area contributed by atoms with Gasteiger partial charge >= 0.3 is 0 Å². The van der Waals surface area contributed by atoms with Crippen LogP contribution in [0.4, 0.5) is 0 Å². The van der Waals surface area contributed by atoms with Crippen molar-refractivity contribution in [2.45, 2.75) is 51.7 Å². The van der Waals surface area contributed by atoms with Crippen molar-refractivity contribution < 1.29 is 10.2 Å². The monoisotopic (exact) mass is 286 g/mol. The molecular weight excluding hydrogens is 260 g/mol. The summed E-state index contributed by atoms with van der Waals surface area (Å²) in [5.41, 5.74) is 1.42. The highest BCUT2D eigenvalue weighted by Crippen LogP contribution is 2.64. The molecule has 5 atom stereocenters. The molecule has 0 heterocycles. The van der Waals surface area contributed by atoms with E-state index in [2.05, 4.69) is 37.3 Å². The Bertz CT molecular complexity index is 530. The van der Waals surface area contributed by atoms with E-state index in [9.17, 15) is 10.2 Å². The fraction of sp³-hybridized carbons (Fsp3) is 0.684. The van der Waals surface area contributed by atoms with Crippen molar-refractivity contribution in [2.75, 3.05) is 0 Å². The Morgan fingerprint density at radius 2 is 2.00 bits per heavy atom. The normalized spacial score (nSPS) is 47.8. The van der Waals surface area contributed by atoms with Gasteiger partial charge in [-0.25, -0.2) is 0 Å². The molecule has 0 aromatic carbocycles. The van der Waals surface area contributed by atoms with Crippen molar-refractivity contribution in [2.24, 2.45) is 28.6 Å². The Kier molecular flexibility index (Phi) is 3.00. The van der Waals surface area contributed by atoms with Gasteiger partial charge in [0, 0.05) is 10.8 Å². The molecule has 2 N–H and O–H groups in total. The summed E-state index contributed by atoms with van der Waals surface area (Å²) in [7, 11) is 0. The highest BCUT2D eigenvalue weighted by atomic mass is 16.5. The summed E-state index contributed by atoms with van der Waals surface area (Å²) in [6.07, 6.45) is 16.8. The molecule has 0 aliphatic heterocycles. The van der Waals surface area contributed by atoms with E-state index in [1.807, 2.05) is 0 Å². The third-order valence-corrected chi connectivity index (χ3v) is 7.20. The van der Waals surface area contributed by atoms with Gasteiger partial charge in [0.15, 0.2) is 6.29 Å². The number of hydrogen-bond donors (Lipinski definition) is 2. The molecule has 2 nitrogen and oxygen atoms in total. The number of hydrogen-bond acceptors (Lipinski definition) is 2. The molecule has 21 heavy (non-hydrogen) atoms. The lowest BCUT2D eigenvalue weighted by Gasteiger charge is -2.55. The third kappa shape index (κ3) is 1.72. The van der Waals surface area contributed by atoms with Crippen LogP contribution in [0.5, 0.6) is 0 Å². The first-order valence-electron chi connectivity index (χ1n) is 8.51. The largest absolute Gasteiger partial charge is 0.368 e. The van der Waals surface area contributed by atoms with Crippen molar-refractivity contribution in [3.8, 4) is 0 Å². The molecule has 4 aliphatic rings. The predicted octanol–water partition coefficient (Wildman–Crippen LogP) is 3.57. The van der Waals surface area contributed by atoms with Gasteiger partial charge in [-0.2, -0.15) is 0 Å². The van der Waals surface area contributed by atoms with Gasteiger partial charge in [0.2, 0.25) is 0 Å². The van der Waals surface area contributed by atoms with Crippen LogP contribution >= 0.6 is 0 Å². The second-order valence-corrected chi connectivity index (χ2v) is 7.81. The Balaban J connectivity index is 1.73. The van der Waals surface area contributed by atoms with Gasteiger partial charge in [0.25, 0.3) is 0 Å². The van der Waals surface area contributed by atoms with Gasteiger partial charge < -0.3 is 10.2 Å². The lowest BCUT2D eigenvalue weighted by molar-refractivity contribution is -0.183. The number of aliphatic hydroxyl groups excluding tert-OH is 1. The molecule has 0 saturated heterocycles. The number of rotatable bonds is 1. The Morgan fingerprint density at radius 1 is 1.14 bits per heavy atom. The first kappa shape index (κ1) is 13.8. The summed E-state index contributed by atoms with van der Waals surface area (Å²) in [5.74, 6) is 1.77. The van der Waals surface area contributed by atoms with Crippen molar-refractivity contribution in [3.63, 3.8) is 0 Å². The van der Waals surface area contributed by atoms with E-state index in [1.165, 1.54) is 12.0 Å². The van der Waals surface area contributed by atoms with Crippen molar-refractivity contribution >= 4 is 0 Å². The summed E-state index contributed by atoms with van der Waals surface area (Å²) in [6, 6.07) is 0. The predicted molar refractivity (Wildman–Crippen MR) is 83.3 cm³/mol. The molecule has 4 rings (SSSR count). The fourth-order valence-electron chi connectivity index (χ4n) is 6.10. The van der Waals surface area contributed by atoms with Crippen LogP contribution < -0.4 is 0 Å². The van der Waals surface area contributed by atoms with Crippen LogP contribution in [0.25, 0.3) is 0 Å². The zero-order valence-corrected chi connectivity index (χ0v) is 12.8. The zero-order valence-electron chi connectivity index (χ0n) is 12.8. The fourth-order valence-corrected chi connectivity index (χ4v) is 6.10. The first-order chi connectivity index (χ1) is 10.1. The number of aliphatic hydroxyl groups is 2. The molecule has 0 aromatic heterocycles. The van der Waals surface area contributed by atoms with E-state index in [0.29, 0.717) is 17.8 Å². The Labute approximate surface area is 127 Å². The topological polar surface area (TPSA) is 40.5 Å². The smallest absolute Gasteiger partial charge is 0.157 e. The molecule has 0 aromatic rings. The van der Waals surface area contributed by atoms with E-state index in [0.717, 1.165) is 32.1 Å². The van der Waals surface area contributed by atoms with E-state index in [4.69, 9.17) is 0 Å². The van der Waals surface area contributed by atoms with Gasteiger partial charge in [-0.3, -0.25) is 0 Å². The Hall–Kier alpha value is -0.860. The quantitative estimate of drug-likeness (QED) is 0.723. The molecule has 114 valence electrons. The maximum Gasteiger partial charge on any atom is 0.157 e. The molecule has 4 aliphatic carbocycles. The molecule has 0 amide bonds. The minimum Gasteiger partial charge on any atom is -0.368 e. The van der Waals surface area contributed by atoms with E-state index in [1.54, 1.807) is 0 Å². The first-order valence-corrected chi connectivity index (χ1v) is 8.51. The Morgan fingerprint density at radius 3 is 2.81 bits per heavy atom. The van der Waals surface area contributed by atoms with Crippen molar-refractivity contribution in [3.05, 3.63) is 36.0 Å². The van der Waals surface area contributed by atoms with Gasteiger partial charge in [-0.1, -0.05) is 43.7 Å². The second-order valence-electron chi connectivity index (χ2n) is 7.81. The van der Waals surface area contributed by atoms with Gasteiger partial charge in [-0.05, 0) is 55.4 Å². The van der Waals surface area contributed by atoms with Crippen molar-refractivity contribution in [1.82, 2.24) is 0 Å². The zero-order chi connectivity index (χ0) is 14.7. The van der Waals surface area contributed by atoms with Crippen LogP contribution in [0.15, 0.2) is 36.0 Å². The summed E-state index contributed by atoms with van der Waals surface area (Å²) >= 11 is 0. The van der Waals surface area contributed by atoms with Crippen molar-refractivity contribution in [1.29, 1.82) is 0 Å². The second kappa shape index (κ2) is 4.57. The molecule has 0 radical (unpaired) electrons. The summed E-state index contributed by atoms with van der Waals surface area (Å²) < 4.78 is 0. The molecule has 2 saturated carbocycles. The van der Waals surface area contributed by atoms with Crippen LogP contribution in [0.3, 0.4) is 0 Å². The molecule has 2 heteroatoms.